The first kappa shape index (κ1) is 30.2. The molecule has 0 saturated carbocycles. The van der Waals surface area contributed by atoms with Crippen LogP contribution in [0.15, 0.2) is 80.1 Å². The number of allylic oxidation sites excluding steroid dienone is 1. The highest BCUT2D eigenvalue weighted by Crippen LogP contribution is 2.35. The van der Waals surface area contributed by atoms with Crippen LogP contribution in [0.1, 0.15) is 69.4 Å². The number of benzene rings is 2. The van der Waals surface area contributed by atoms with Gasteiger partial charge in [0.1, 0.15) is 11.5 Å². The van der Waals surface area contributed by atoms with E-state index in [0.29, 0.717) is 38.7 Å². The van der Waals surface area contributed by atoms with Gasteiger partial charge in [-0.3, -0.25) is 19.5 Å². The van der Waals surface area contributed by atoms with Gasteiger partial charge in [-0.1, -0.05) is 74.4 Å². The number of esters is 1. The number of nitrogens with zero attached hydrogens (tertiary/aromatic N) is 3. The maximum Gasteiger partial charge on any atom is 0.338 e. The normalized spacial score (nSPS) is 15.0. The van der Waals surface area contributed by atoms with E-state index in [4.69, 9.17) is 25.7 Å². The predicted molar refractivity (Wildman–Crippen MR) is 166 cm³/mol. The summed E-state index contributed by atoms with van der Waals surface area (Å²) in [7, 11) is 0. The van der Waals surface area contributed by atoms with E-state index < -0.39 is 16.9 Å². The van der Waals surface area contributed by atoms with E-state index in [0.717, 1.165) is 17.5 Å². The summed E-state index contributed by atoms with van der Waals surface area (Å²) in [5, 5.41) is 11.8. The first-order valence-corrected chi connectivity index (χ1v) is 15.2. The SMILES string of the molecule is CCCC1=C(C(=O)OCC)C(c2ccc(C(C)C)cc2)n2c(s/c(=C\c3ccc(-c4ccc(Cl)cc4[N+](=O)[O-])o3)c2=O)=N1. The van der Waals surface area contributed by atoms with Crippen LogP contribution < -0.4 is 14.9 Å². The molecule has 0 aliphatic carbocycles. The topological polar surface area (TPSA) is 117 Å². The van der Waals surface area contributed by atoms with Crippen molar-refractivity contribution in [2.45, 2.75) is 52.5 Å². The van der Waals surface area contributed by atoms with Gasteiger partial charge in [0.05, 0.1) is 38.9 Å². The lowest BCUT2D eigenvalue weighted by Crippen LogP contribution is -2.40. The molecule has 2 aromatic heterocycles. The fraction of sp³-hybridized carbons (Fsp3) is 0.281. The molecule has 1 unspecified atom stereocenters. The van der Waals surface area contributed by atoms with Crippen molar-refractivity contribution >= 4 is 40.7 Å². The van der Waals surface area contributed by atoms with Gasteiger partial charge in [0.15, 0.2) is 4.80 Å². The molecule has 1 aliphatic heterocycles. The molecular formula is C32H30ClN3O6S. The minimum absolute atomic E-state index is 0.189. The van der Waals surface area contributed by atoms with Crippen molar-refractivity contribution in [1.82, 2.24) is 4.57 Å². The highest BCUT2D eigenvalue weighted by Gasteiger charge is 2.34. The van der Waals surface area contributed by atoms with Crippen LogP contribution in [0.2, 0.25) is 5.02 Å². The number of nitro benzene ring substituents is 1. The van der Waals surface area contributed by atoms with Gasteiger partial charge >= 0.3 is 5.97 Å². The predicted octanol–water partition coefficient (Wildman–Crippen LogP) is 6.52. The molecule has 0 N–H and O–H groups in total. The van der Waals surface area contributed by atoms with Gasteiger partial charge in [0.25, 0.3) is 11.2 Å². The molecule has 1 atom stereocenters. The van der Waals surface area contributed by atoms with E-state index in [2.05, 4.69) is 13.8 Å². The number of hydrogen-bond donors (Lipinski definition) is 0. The molecule has 0 spiro atoms. The van der Waals surface area contributed by atoms with Gasteiger partial charge in [0.2, 0.25) is 0 Å². The smallest absolute Gasteiger partial charge is 0.338 e. The zero-order valence-corrected chi connectivity index (χ0v) is 25.7. The van der Waals surface area contributed by atoms with Crippen LogP contribution >= 0.6 is 22.9 Å². The number of fused-ring (bicyclic) bond motifs is 1. The van der Waals surface area contributed by atoms with Crippen LogP contribution in [0.4, 0.5) is 5.69 Å². The van der Waals surface area contributed by atoms with Crippen molar-refractivity contribution in [3.05, 3.63) is 118 Å². The van der Waals surface area contributed by atoms with Gasteiger partial charge in [-0.05, 0) is 54.7 Å². The summed E-state index contributed by atoms with van der Waals surface area (Å²) in [5.74, 6) is 0.419. The van der Waals surface area contributed by atoms with Gasteiger partial charge in [-0.2, -0.15) is 0 Å². The molecule has 0 fully saturated rings. The quantitative estimate of drug-likeness (QED) is 0.120. The Balaban J connectivity index is 1.66. The van der Waals surface area contributed by atoms with Crippen molar-refractivity contribution in [2.24, 2.45) is 4.99 Å². The summed E-state index contributed by atoms with van der Waals surface area (Å²) in [6.45, 7) is 8.15. The summed E-state index contributed by atoms with van der Waals surface area (Å²) >= 11 is 7.16. The number of carbonyl (C=O) groups excluding carboxylic acids is 1. The Kier molecular flexibility index (Phi) is 8.79. The second-order valence-electron chi connectivity index (χ2n) is 10.4. The van der Waals surface area contributed by atoms with E-state index in [1.165, 1.54) is 23.5 Å². The Hall–Kier alpha value is -4.28. The molecule has 43 heavy (non-hydrogen) atoms. The van der Waals surface area contributed by atoms with Crippen LogP contribution in [0.25, 0.3) is 17.4 Å². The molecule has 1 aliphatic rings. The van der Waals surface area contributed by atoms with Gasteiger partial charge in [0, 0.05) is 17.2 Å². The number of furan rings is 1. The van der Waals surface area contributed by atoms with Gasteiger partial charge in [-0.15, -0.1) is 0 Å². The molecule has 9 nitrogen and oxygen atoms in total. The number of halogens is 1. The molecule has 0 amide bonds. The molecule has 11 heteroatoms. The number of rotatable bonds is 9. The second-order valence-corrected chi connectivity index (χ2v) is 11.8. The zero-order valence-electron chi connectivity index (χ0n) is 24.1. The van der Waals surface area contributed by atoms with Crippen LogP contribution in [-0.2, 0) is 9.53 Å². The Morgan fingerprint density at radius 3 is 2.58 bits per heavy atom. The average molecular weight is 620 g/mol. The third kappa shape index (κ3) is 5.98. The molecule has 3 heterocycles. The molecule has 0 bridgehead atoms. The lowest BCUT2D eigenvalue weighted by Gasteiger charge is -2.26. The Bertz CT molecular complexity index is 1920. The Morgan fingerprint density at radius 1 is 1.19 bits per heavy atom. The zero-order chi connectivity index (χ0) is 30.8. The van der Waals surface area contributed by atoms with Gasteiger partial charge < -0.3 is 9.15 Å². The Labute approximate surface area is 256 Å². The molecule has 0 saturated heterocycles. The summed E-state index contributed by atoms with van der Waals surface area (Å²) in [6.07, 6.45) is 2.88. The largest absolute Gasteiger partial charge is 0.463 e. The summed E-state index contributed by atoms with van der Waals surface area (Å²) in [6, 6.07) is 14.8. The van der Waals surface area contributed by atoms with E-state index in [9.17, 15) is 19.7 Å². The number of hydrogen-bond acceptors (Lipinski definition) is 8. The van der Waals surface area contributed by atoms with E-state index in [1.807, 2.05) is 31.2 Å². The molecule has 4 aromatic rings. The van der Waals surface area contributed by atoms with Gasteiger partial charge in [-0.25, -0.2) is 9.79 Å². The number of aromatic nitrogens is 1. The number of thiazole rings is 1. The first-order valence-electron chi connectivity index (χ1n) is 14.0. The second kappa shape index (κ2) is 12.5. The maximum atomic E-state index is 14.0. The van der Waals surface area contributed by atoms with E-state index >= 15 is 0 Å². The van der Waals surface area contributed by atoms with Crippen LogP contribution in [0.3, 0.4) is 0 Å². The maximum absolute atomic E-state index is 14.0. The van der Waals surface area contributed by atoms with Crippen LogP contribution in [0.5, 0.6) is 0 Å². The van der Waals surface area contributed by atoms with Crippen molar-refractivity contribution in [3.63, 3.8) is 0 Å². The minimum Gasteiger partial charge on any atom is -0.463 e. The van der Waals surface area contributed by atoms with Crippen molar-refractivity contribution < 1.29 is 18.9 Å². The first-order chi connectivity index (χ1) is 20.6. The third-order valence-electron chi connectivity index (χ3n) is 7.13. The monoisotopic (exact) mass is 619 g/mol. The highest BCUT2D eigenvalue weighted by atomic mass is 35.5. The summed E-state index contributed by atoms with van der Waals surface area (Å²) in [5.41, 5.74) is 2.61. The molecular weight excluding hydrogens is 590 g/mol. The average Bonchev–Trinajstić information content (AvgIpc) is 3.56. The number of carbonyl (C=O) groups is 1. The molecule has 5 rings (SSSR count). The van der Waals surface area contributed by atoms with E-state index in [-0.39, 0.29) is 34.2 Å². The van der Waals surface area contributed by atoms with Crippen molar-refractivity contribution in [2.75, 3.05) is 6.61 Å². The third-order valence-corrected chi connectivity index (χ3v) is 8.35. The van der Waals surface area contributed by atoms with E-state index in [1.54, 1.807) is 35.8 Å². The number of ether oxygens (including phenoxy) is 1. The van der Waals surface area contributed by atoms with Crippen LogP contribution in [-0.4, -0.2) is 22.1 Å². The lowest BCUT2D eigenvalue weighted by molar-refractivity contribution is -0.384. The summed E-state index contributed by atoms with van der Waals surface area (Å²) in [4.78, 5) is 43.7. The van der Waals surface area contributed by atoms with Crippen LogP contribution in [0, 0.1) is 10.1 Å². The minimum atomic E-state index is -0.718. The Morgan fingerprint density at radius 2 is 1.93 bits per heavy atom. The van der Waals surface area contributed by atoms with Crippen molar-refractivity contribution in [3.8, 4) is 11.3 Å². The lowest BCUT2D eigenvalue weighted by atomic mass is 9.92. The van der Waals surface area contributed by atoms with Crippen molar-refractivity contribution in [1.29, 1.82) is 0 Å². The summed E-state index contributed by atoms with van der Waals surface area (Å²) < 4.78 is 13.3. The fourth-order valence-corrected chi connectivity index (χ4v) is 6.23. The highest BCUT2D eigenvalue weighted by molar-refractivity contribution is 7.07. The molecule has 0 radical (unpaired) electrons. The molecule has 222 valence electrons. The fourth-order valence-electron chi connectivity index (χ4n) is 5.07. The standard InChI is InChI=1S/C32H30ClN3O6S/c1-5-7-24-28(31(38)41-6-2)29(20-10-8-19(9-11-20)18(3)4)35-30(37)27(43-32(35)34-24)17-22-13-15-26(42-22)23-14-12-21(33)16-25(23)36(39)40/h8-18,29H,5-7H2,1-4H3/b27-17-. The molecule has 2 aromatic carbocycles. The number of nitro groups is 1.